The van der Waals surface area contributed by atoms with Crippen LogP contribution < -0.4 is 10.6 Å². The van der Waals surface area contributed by atoms with Gasteiger partial charge in [-0.3, -0.25) is 9.59 Å². The average Bonchev–Trinajstić information content (AvgIpc) is 3.19. The fraction of sp³-hybridized carbons (Fsp3) is 0.654. The van der Waals surface area contributed by atoms with E-state index in [1.807, 2.05) is 18.2 Å². The van der Waals surface area contributed by atoms with Crippen molar-refractivity contribution in [3.8, 4) is 6.07 Å². The molecule has 0 aromatic heterocycles. The van der Waals surface area contributed by atoms with Crippen LogP contribution in [0.2, 0.25) is 0 Å². The first-order valence-electron chi connectivity index (χ1n) is 12.1. The van der Waals surface area contributed by atoms with Crippen molar-refractivity contribution in [1.82, 2.24) is 10.2 Å². The summed E-state index contributed by atoms with van der Waals surface area (Å²) in [5.74, 6) is -0.117. The van der Waals surface area contributed by atoms with E-state index in [-0.39, 0.29) is 47.7 Å². The number of amides is 2. The molecule has 2 N–H and O–H groups in total. The molecule has 1 heterocycles. The molecule has 6 nitrogen and oxygen atoms in total. The van der Waals surface area contributed by atoms with Gasteiger partial charge in [0.2, 0.25) is 11.8 Å². The Balaban J connectivity index is 1.31. The third kappa shape index (κ3) is 4.77. The number of likely N-dealkylation sites (tertiary alicyclic amines) is 1. The van der Waals surface area contributed by atoms with E-state index in [0.717, 1.165) is 44.2 Å². The predicted molar refractivity (Wildman–Crippen MR) is 125 cm³/mol. The number of rotatable bonds is 5. The molecule has 2 amide bonds. The van der Waals surface area contributed by atoms with Crippen molar-refractivity contribution in [1.29, 1.82) is 5.26 Å². The minimum absolute atomic E-state index is 0.00571. The number of nitriles is 1. The summed E-state index contributed by atoms with van der Waals surface area (Å²) in [6.07, 6.45) is 3.86. The van der Waals surface area contributed by atoms with Crippen LogP contribution in [0.3, 0.4) is 0 Å². The number of carbonyl (C=O) groups excluding carboxylic acids is 2. The molecule has 0 radical (unpaired) electrons. The lowest BCUT2D eigenvalue weighted by atomic mass is 9.57. The van der Waals surface area contributed by atoms with Gasteiger partial charge >= 0.3 is 0 Å². The van der Waals surface area contributed by atoms with Gasteiger partial charge in [0.05, 0.1) is 19.2 Å². The van der Waals surface area contributed by atoms with Crippen LogP contribution in [0.25, 0.3) is 0 Å². The van der Waals surface area contributed by atoms with Crippen molar-refractivity contribution >= 4 is 17.5 Å². The Bertz CT molecular complexity index is 922. The van der Waals surface area contributed by atoms with E-state index in [9.17, 15) is 19.2 Å². The highest BCUT2D eigenvalue weighted by molar-refractivity contribution is 5.95. The number of halogens is 1. The number of benzene rings is 1. The van der Waals surface area contributed by atoms with E-state index in [0.29, 0.717) is 0 Å². The zero-order chi connectivity index (χ0) is 23.9. The molecular formula is C26H35FN4O2. The molecule has 4 aliphatic rings. The van der Waals surface area contributed by atoms with E-state index in [1.54, 1.807) is 0 Å². The summed E-state index contributed by atoms with van der Waals surface area (Å²) < 4.78 is 13.7. The monoisotopic (exact) mass is 454 g/mol. The lowest BCUT2D eigenvalue weighted by Gasteiger charge is -2.52. The van der Waals surface area contributed by atoms with Crippen molar-refractivity contribution in [3.05, 3.63) is 29.8 Å². The molecule has 1 aliphatic heterocycles. The van der Waals surface area contributed by atoms with Crippen LogP contribution in [0, 0.1) is 16.7 Å². The number of nitrogens with zero attached hydrogens (tertiary/aromatic N) is 2. The second-order valence-corrected chi connectivity index (χ2v) is 11.2. The van der Waals surface area contributed by atoms with Gasteiger partial charge in [-0.25, -0.2) is 4.39 Å². The first-order chi connectivity index (χ1) is 15.6. The summed E-state index contributed by atoms with van der Waals surface area (Å²) in [6, 6.07) is 9.47. The number of anilines is 1. The molecule has 1 aromatic rings. The van der Waals surface area contributed by atoms with Gasteiger partial charge in [-0.15, -0.1) is 0 Å². The fourth-order valence-electron chi connectivity index (χ4n) is 5.66. The number of nitrogens with one attached hydrogen (secondary N) is 2. The van der Waals surface area contributed by atoms with E-state index in [2.05, 4.69) is 43.5 Å². The summed E-state index contributed by atoms with van der Waals surface area (Å²) in [5, 5.41) is 15.8. The lowest BCUT2D eigenvalue weighted by molar-refractivity contribution is -0.135. The number of fused-ring (bicyclic) bond motifs is 3. The Morgan fingerprint density at radius 3 is 2.27 bits per heavy atom. The molecule has 0 unspecified atom stereocenters. The zero-order valence-electron chi connectivity index (χ0n) is 19.9. The molecule has 7 heteroatoms. The standard InChI is InChI=1S/C26H35FN4O2/c1-24(2,3)18-4-6-20(7-5-18)30-23(33)25-8-11-26(12-9-25,13-10-25)29-16-22(32)31-17-19(27)14-21(31)15-28/h4-7,19,21,29H,8-14,16-17H2,1-3H3,(H,30,33)/t19-,21-,25?,26?/m0/s1. The lowest BCUT2D eigenvalue weighted by Crippen LogP contribution is -2.59. The summed E-state index contributed by atoms with van der Waals surface area (Å²) >= 11 is 0. The molecular weight excluding hydrogens is 419 g/mol. The molecule has 5 rings (SSSR count). The third-order valence-corrected chi connectivity index (χ3v) is 8.07. The summed E-state index contributed by atoms with van der Waals surface area (Å²) in [6.45, 7) is 6.63. The SMILES string of the molecule is CC(C)(C)c1ccc(NC(=O)C23CCC(NCC(=O)N4C[C@@H](F)C[C@H]4C#N)(CC2)CC3)cc1. The zero-order valence-corrected chi connectivity index (χ0v) is 19.9. The van der Waals surface area contributed by atoms with E-state index in [1.165, 1.54) is 10.5 Å². The fourth-order valence-corrected chi connectivity index (χ4v) is 5.66. The quantitative estimate of drug-likeness (QED) is 0.702. The van der Waals surface area contributed by atoms with Gasteiger partial charge in [-0.05, 0) is 61.6 Å². The minimum atomic E-state index is -1.12. The van der Waals surface area contributed by atoms with Gasteiger partial charge in [0.15, 0.2) is 0 Å². The van der Waals surface area contributed by atoms with Gasteiger partial charge in [-0.2, -0.15) is 5.26 Å². The molecule has 2 atom stereocenters. The number of carbonyl (C=O) groups is 2. The summed E-state index contributed by atoms with van der Waals surface area (Å²) in [7, 11) is 0. The molecule has 178 valence electrons. The third-order valence-electron chi connectivity index (χ3n) is 8.07. The normalized spacial score (nSPS) is 31.3. The van der Waals surface area contributed by atoms with Crippen LogP contribution in [0.1, 0.15) is 71.3 Å². The van der Waals surface area contributed by atoms with Gasteiger partial charge in [0.25, 0.3) is 0 Å². The second-order valence-electron chi connectivity index (χ2n) is 11.2. The number of alkyl halides is 1. The van der Waals surface area contributed by atoms with Crippen LogP contribution in [0.4, 0.5) is 10.1 Å². The molecule has 2 bridgehead atoms. The van der Waals surface area contributed by atoms with Crippen LogP contribution >= 0.6 is 0 Å². The van der Waals surface area contributed by atoms with Gasteiger partial charge < -0.3 is 15.5 Å². The first kappa shape index (κ1) is 23.7. The van der Waals surface area contributed by atoms with Crippen molar-refractivity contribution in [3.63, 3.8) is 0 Å². The summed E-state index contributed by atoms with van der Waals surface area (Å²) in [5.41, 5.74) is 1.64. The number of hydrogen-bond acceptors (Lipinski definition) is 4. The first-order valence-corrected chi connectivity index (χ1v) is 12.1. The molecule has 0 spiro atoms. The molecule has 1 saturated heterocycles. The van der Waals surface area contributed by atoms with Crippen LogP contribution in [0.5, 0.6) is 0 Å². The Morgan fingerprint density at radius 2 is 1.73 bits per heavy atom. The van der Waals surface area contributed by atoms with Gasteiger partial charge in [0, 0.05) is 23.1 Å². The molecule has 1 aromatic carbocycles. The summed E-state index contributed by atoms with van der Waals surface area (Å²) in [4.78, 5) is 27.2. The second kappa shape index (κ2) is 8.72. The average molecular weight is 455 g/mol. The number of hydrogen-bond donors (Lipinski definition) is 2. The largest absolute Gasteiger partial charge is 0.326 e. The van der Waals surface area contributed by atoms with Crippen molar-refractivity contribution in [2.24, 2.45) is 5.41 Å². The Morgan fingerprint density at radius 1 is 1.12 bits per heavy atom. The highest BCUT2D eigenvalue weighted by atomic mass is 19.1. The van der Waals surface area contributed by atoms with Gasteiger partial charge in [0.1, 0.15) is 12.2 Å². The van der Waals surface area contributed by atoms with Gasteiger partial charge in [-0.1, -0.05) is 32.9 Å². The topological polar surface area (TPSA) is 85.2 Å². The highest BCUT2D eigenvalue weighted by Gasteiger charge is 2.52. The van der Waals surface area contributed by atoms with E-state index < -0.39 is 12.2 Å². The van der Waals surface area contributed by atoms with Crippen LogP contribution in [-0.2, 0) is 15.0 Å². The Hall–Kier alpha value is -2.46. The maximum absolute atomic E-state index is 13.7. The van der Waals surface area contributed by atoms with Crippen molar-refractivity contribution in [2.45, 2.75) is 88.9 Å². The van der Waals surface area contributed by atoms with Crippen molar-refractivity contribution < 1.29 is 14.0 Å². The molecule has 4 fully saturated rings. The predicted octanol–water partition coefficient (Wildman–Crippen LogP) is 4.07. The maximum Gasteiger partial charge on any atom is 0.237 e. The van der Waals surface area contributed by atoms with E-state index in [4.69, 9.17) is 0 Å². The molecule has 3 aliphatic carbocycles. The maximum atomic E-state index is 13.7. The Labute approximate surface area is 195 Å². The highest BCUT2D eigenvalue weighted by Crippen LogP contribution is 2.52. The van der Waals surface area contributed by atoms with Crippen molar-refractivity contribution in [2.75, 3.05) is 18.4 Å². The van der Waals surface area contributed by atoms with E-state index >= 15 is 0 Å². The smallest absolute Gasteiger partial charge is 0.237 e. The minimum Gasteiger partial charge on any atom is -0.326 e. The molecule has 33 heavy (non-hydrogen) atoms. The van der Waals surface area contributed by atoms with Crippen LogP contribution in [0.15, 0.2) is 24.3 Å². The Kier molecular flexibility index (Phi) is 6.26. The van der Waals surface area contributed by atoms with Crippen LogP contribution in [-0.4, -0.2) is 47.6 Å². The molecule has 3 saturated carbocycles.